The van der Waals surface area contributed by atoms with Crippen LogP contribution in [0.1, 0.15) is 67.2 Å². The second-order valence-corrected chi connectivity index (χ2v) is 9.22. The zero-order valence-corrected chi connectivity index (χ0v) is 15.1. The molecule has 0 saturated heterocycles. The molecule has 21 heavy (non-hydrogen) atoms. The first-order chi connectivity index (χ1) is 9.64. The Morgan fingerprint density at radius 2 is 0.857 bits per heavy atom. The molecule has 6 atom stereocenters. The molecule has 2 nitrogen and oxygen atoms in total. The van der Waals surface area contributed by atoms with Gasteiger partial charge in [-0.1, -0.05) is 41.5 Å². The van der Waals surface area contributed by atoms with Crippen LogP contribution in [0, 0.1) is 40.9 Å². The van der Waals surface area contributed by atoms with Gasteiger partial charge in [0.2, 0.25) is 0 Å². The molecule has 2 fully saturated rings. The topological polar surface area (TPSA) is 52.0 Å². The van der Waals surface area contributed by atoms with Crippen molar-refractivity contribution in [3.63, 3.8) is 0 Å². The Morgan fingerprint density at radius 3 is 1.10 bits per heavy atom. The van der Waals surface area contributed by atoms with Gasteiger partial charge in [0.25, 0.3) is 0 Å². The highest BCUT2D eigenvalue weighted by molar-refractivity contribution is 4.97. The molecule has 0 aromatic heterocycles. The quantitative estimate of drug-likeness (QED) is 0.808. The molecule has 0 bridgehead atoms. The zero-order valence-electron chi connectivity index (χ0n) is 15.1. The molecular formula is C19H38N2. The summed E-state index contributed by atoms with van der Waals surface area (Å²) in [5.74, 6) is 4.30. The van der Waals surface area contributed by atoms with Gasteiger partial charge in [0.1, 0.15) is 0 Å². The summed E-state index contributed by atoms with van der Waals surface area (Å²) in [4.78, 5) is 0. The Hall–Kier alpha value is -0.0800. The maximum atomic E-state index is 6.35. The van der Waals surface area contributed by atoms with Gasteiger partial charge in [0.05, 0.1) is 0 Å². The lowest BCUT2D eigenvalue weighted by Crippen LogP contribution is -2.49. The summed E-state index contributed by atoms with van der Waals surface area (Å²) >= 11 is 0. The van der Waals surface area contributed by atoms with Crippen molar-refractivity contribution in [1.82, 2.24) is 0 Å². The van der Waals surface area contributed by atoms with Crippen LogP contribution < -0.4 is 11.5 Å². The molecule has 2 saturated carbocycles. The molecule has 0 aliphatic heterocycles. The Balaban J connectivity index is 2.10. The monoisotopic (exact) mass is 294 g/mol. The highest BCUT2D eigenvalue weighted by Gasteiger charge is 2.45. The van der Waals surface area contributed by atoms with Gasteiger partial charge < -0.3 is 11.5 Å². The van der Waals surface area contributed by atoms with Crippen LogP contribution in [0.15, 0.2) is 0 Å². The van der Waals surface area contributed by atoms with Crippen LogP contribution >= 0.6 is 0 Å². The van der Waals surface area contributed by atoms with E-state index in [-0.39, 0.29) is 0 Å². The normalized spacial score (nSPS) is 49.1. The number of rotatable bonds is 2. The predicted molar refractivity (Wildman–Crippen MR) is 91.8 cm³/mol. The molecule has 124 valence electrons. The van der Waals surface area contributed by atoms with E-state index < -0.39 is 0 Å². The van der Waals surface area contributed by atoms with Crippen LogP contribution in [0.5, 0.6) is 0 Å². The first-order valence-corrected chi connectivity index (χ1v) is 9.15. The van der Waals surface area contributed by atoms with E-state index in [1.165, 1.54) is 25.7 Å². The minimum Gasteiger partial charge on any atom is -0.327 e. The van der Waals surface area contributed by atoms with Crippen molar-refractivity contribution in [3.05, 3.63) is 0 Å². The van der Waals surface area contributed by atoms with Gasteiger partial charge in [0, 0.05) is 12.1 Å². The largest absolute Gasteiger partial charge is 0.327 e. The number of nitrogens with two attached hydrogens (primary N) is 2. The van der Waals surface area contributed by atoms with Crippen LogP contribution in [0.25, 0.3) is 0 Å². The van der Waals surface area contributed by atoms with Gasteiger partial charge >= 0.3 is 0 Å². The fraction of sp³-hybridized carbons (Fsp3) is 1.00. The summed E-state index contributed by atoms with van der Waals surface area (Å²) in [6, 6.07) is 0.796. The predicted octanol–water partition coefficient (Wildman–Crippen LogP) is 4.03. The Kier molecular flexibility index (Phi) is 5.10. The van der Waals surface area contributed by atoms with Crippen LogP contribution in [0.3, 0.4) is 0 Å². The molecule has 0 spiro atoms. The molecule has 2 rings (SSSR count). The number of hydrogen-bond donors (Lipinski definition) is 2. The first-order valence-electron chi connectivity index (χ1n) is 9.15. The maximum Gasteiger partial charge on any atom is 0.00905 e. The van der Waals surface area contributed by atoms with E-state index in [0.29, 0.717) is 41.2 Å². The average molecular weight is 295 g/mol. The van der Waals surface area contributed by atoms with Crippen LogP contribution in [-0.4, -0.2) is 12.1 Å². The highest BCUT2D eigenvalue weighted by atomic mass is 14.7. The summed E-state index contributed by atoms with van der Waals surface area (Å²) < 4.78 is 0. The minimum absolute atomic E-state index is 0.398. The molecule has 0 aromatic carbocycles. The van der Waals surface area contributed by atoms with Crippen molar-refractivity contribution in [2.75, 3.05) is 0 Å². The maximum absolute atomic E-state index is 6.35. The fourth-order valence-electron chi connectivity index (χ4n) is 5.29. The van der Waals surface area contributed by atoms with E-state index in [9.17, 15) is 0 Å². The Morgan fingerprint density at radius 1 is 0.619 bits per heavy atom. The summed E-state index contributed by atoms with van der Waals surface area (Å²) in [6.45, 7) is 14.5. The van der Waals surface area contributed by atoms with Gasteiger partial charge in [-0.25, -0.2) is 0 Å². The third-order valence-corrected chi connectivity index (χ3v) is 7.36. The van der Waals surface area contributed by atoms with Crippen molar-refractivity contribution < 1.29 is 0 Å². The van der Waals surface area contributed by atoms with Crippen molar-refractivity contribution in [2.45, 2.75) is 79.3 Å². The minimum atomic E-state index is 0.398. The van der Waals surface area contributed by atoms with Gasteiger partial charge in [-0.15, -0.1) is 0 Å². The number of hydrogen-bond acceptors (Lipinski definition) is 2. The van der Waals surface area contributed by atoms with Crippen LogP contribution in [-0.2, 0) is 0 Å². The van der Waals surface area contributed by atoms with Gasteiger partial charge in [0.15, 0.2) is 0 Å². The molecular weight excluding hydrogens is 256 g/mol. The highest BCUT2D eigenvalue weighted by Crippen LogP contribution is 2.51. The smallest absolute Gasteiger partial charge is 0.00905 e. The third-order valence-electron chi connectivity index (χ3n) is 7.36. The summed E-state index contributed by atoms with van der Waals surface area (Å²) in [6.07, 6.45) is 5.24. The molecule has 0 amide bonds. The Labute approximate surface area is 132 Å². The molecule has 0 heterocycles. The van der Waals surface area contributed by atoms with E-state index in [1.54, 1.807) is 0 Å². The lowest BCUT2D eigenvalue weighted by atomic mass is 9.55. The summed E-state index contributed by atoms with van der Waals surface area (Å²) in [7, 11) is 0. The molecule has 2 unspecified atom stereocenters. The molecule has 2 aliphatic rings. The van der Waals surface area contributed by atoms with Crippen molar-refractivity contribution in [2.24, 2.45) is 52.4 Å². The summed E-state index contributed by atoms with van der Waals surface area (Å²) in [5.41, 5.74) is 13.1. The van der Waals surface area contributed by atoms with E-state index in [4.69, 9.17) is 11.5 Å². The van der Waals surface area contributed by atoms with Crippen LogP contribution in [0.2, 0.25) is 0 Å². The van der Waals surface area contributed by atoms with E-state index in [0.717, 1.165) is 11.8 Å². The molecule has 0 aromatic rings. The lowest BCUT2D eigenvalue weighted by molar-refractivity contribution is -0.00130. The standard InChI is InChI=1S/C19H38N2/c1-11-7-15(8-12(2)17(11)20)19(5,6)16-9-13(3)18(21)14(4)10-16/h11-18H,7-10,20-21H2,1-6H3/t11-,12-,13-,14+,15?,16?,17?,18?/m1/s1. The van der Waals surface area contributed by atoms with Gasteiger partial charge in [-0.3, -0.25) is 0 Å². The Bertz CT molecular complexity index is 295. The molecule has 2 aliphatic carbocycles. The second-order valence-electron chi connectivity index (χ2n) is 9.22. The lowest BCUT2D eigenvalue weighted by Gasteiger charge is -2.51. The first kappa shape index (κ1) is 17.3. The average Bonchev–Trinajstić information content (AvgIpc) is 2.40. The second kappa shape index (κ2) is 6.20. The van der Waals surface area contributed by atoms with E-state index in [1.807, 2.05) is 0 Å². The van der Waals surface area contributed by atoms with Crippen molar-refractivity contribution in [3.8, 4) is 0 Å². The zero-order chi connectivity index (χ0) is 15.9. The van der Waals surface area contributed by atoms with Crippen molar-refractivity contribution in [1.29, 1.82) is 0 Å². The fourth-order valence-corrected chi connectivity index (χ4v) is 5.29. The van der Waals surface area contributed by atoms with Crippen molar-refractivity contribution >= 4 is 0 Å². The van der Waals surface area contributed by atoms with E-state index >= 15 is 0 Å². The van der Waals surface area contributed by atoms with Gasteiger partial charge in [-0.2, -0.15) is 0 Å². The third kappa shape index (κ3) is 3.32. The molecule has 4 N–H and O–H groups in total. The van der Waals surface area contributed by atoms with E-state index in [2.05, 4.69) is 41.5 Å². The molecule has 2 heteroatoms. The molecule has 0 radical (unpaired) electrons. The summed E-state index contributed by atoms with van der Waals surface area (Å²) in [5, 5.41) is 0. The SMILES string of the molecule is C[C@@H]1CC(C(C)(C)C2C[C@@H](C)C(N)[C@@H](C)C2)C[C@@H](C)C1N. The van der Waals surface area contributed by atoms with Gasteiger partial charge in [-0.05, 0) is 66.6 Å². The van der Waals surface area contributed by atoms with Crippen LogP contribution in [0.4, 0.5) is 0 Å².